The summed E-state index contributed by atoms with van der Waals surface area (Å²) in [5.41, 5.74) is 0.958. The molecular weight excluding hydrogens is 392 g/mol. The summed E-state index contributed by atoms with van der Waals surface area (Å²) in [4.78, 5) is 18.7. The van der Waals surface area contributed by atoms with Crippen molar-refractivity contribution >= 4 is 33.6 Å². The van der Waals surface area contributed by atoms with Crippen LogP contribution in [0.2, 0.25) is 0 Å². The van der Waals surface area contributed by atoms with Crippen LogP contribution < -0.4 is 0 Å². The first-order valence-electron chi connectivity index (χ1n) is 7.75. The molecule has 24 heavy (non-hydrogen) atoms. The van der Waals surface area contributed by atoms with Crippen molar-refractivity contribution in [1.29, 1.82) is 0 Å². The second-order valence-corrected chi connectivity index (χ2v) is 7.68. The summed E-state index contributed by atoms with van der Waals surface area (Å²) in [7, 11) is 0. The van der Waals surface area contributed by atoms with Crippen molar-refractivity contribution in [2.24, 2.45) is 0 Å². The van der Waals surface area contributed by atoms with Gasteiger partial charge in [0.1, 0.15) is 0 Å². The maximum Gasteiger partial charge on any atom is 0.233 e. The summed E-state index contributed by atoms with van der Waals surface area (Å²) < 4.78 is 6.67. The minimum absolute atomic E-state index is 0.0789. The quantitative estimate of drug-likeness (QED) is 0.784. The van der Waals surface area contributed by atoms with Gasteiger partial charge >= 0.3 is 0 Å². The molecule has 1 aromatic heterocycles. The Hall–Kier alpha value is -1.38. The number of rotatable bonds is 4. The van der Waals surface area contributed by atoms with Gasteiger partial charge in [-0.25, -0.2) is 4.98 Å². The van der Waals surface area contributed by atoms with Crippen LogP contribution in [0.15, 0.2) is 33.9 Å². The van der Waals surface area contributed by atoms with Gasteiger partial charge in [-0.2, -0.15) is 0 Å². The molecule has 0 radical (unpaired) electrons. The van der Waals surface area contributed by atoms with E-state index in [1.807, 2.05) is 43.0 Å². The molecule has 128 valence electrons. The zero-order valence-electron chi connectivity index (χ0n) is 13.5. The van der Waals surface area contributed by atoms with Gasteiger partial charge in [-0.3, -0.25) is 9.89 Å². The first kappa shape index (κ1) is 17.4. The third-order valence-electron chi connectivity index (χ3n) is 3.68. The number of aromatic amines is 1. The van der Waals surface area contributed by atoms with Crippen LogP contribution in [0, 0.1) is 0 Å². The molecule has 1 N–H and O–H groups in total. The van der Waals surface area contributed by atoms with Gasteiger partial charge in [0.25, 0.3) is 0 Å². The summed E-state index contributed by atoms with van der Waals surface area (Å²) >= 11 is 4.76. The van der Waals surface area contributed by atoms with Gasteiger partial charge in [0.2, 0.25) is 11.1 Å². The van der Waals surface area contributed by atoms with Crippen LogP contribution in [0.4, 0.5) is 0 Å². The molecule has 8 heteroatoms. The fourth-order valence-electron chi connectivity index (χ4n) is 2.65. The topological polar surface area (TPSA) is 71.1 Å². The number of amides is 1. The number of hydrogen-bond donors (Lipinski definition) is 1. The third kappa shape index (κ3) is 4.37. The predicted molar refractivity (Wildman–Crippen MR) is 96.8 cm³/mol. The number of morpholine rings is 1. The Morgan fingerprint density at radius 3 is 2.67 bits per heavy atom. The Morgan fingerprint density at radius 2 is 2.00 bits per heavy atom. The molecule has 0 saturated carbocycles. The van der Waals surface area contributed by atoms with Crippen LogP contribution in [-0.4, -0.2) is 57.0 Å². The Balaban J connectivity index is 1.57. The molecule has 0 bridgehead atoms. The third-order valence-corrected chi connectivity index (χ3v) is 5.04. The van der Waals surface area contributed by atoms with Crippen LogP contribution in [0.1, 0.15) is 13.8 Å². The Bertz CT molecular complexity index is 696. The van der Waals surface area contributed by atoms with E-state index in [0.717, 1.165) is 10.0 Å². The summed E-state index contributed by atoms with van der Waals surface area (Å²) in [6, 6.07) is 7.82. The Morgan fingerprint density at radius 1 is 1.33 bits per heavy atom. The fraction of sp³-hybridized carbons (Fsp3) is 0.438. The molecule has 2 atom stereocenters. The molecular formula is C16H19BrN4O2S. The second kappa shape index (κ2) is 7.67. The van der Waals surface area contributed by atoms with E-state index < -0.39 is 0 Å². The highest BCUT2D eigenvalue weighted by Crippen LogP contribution is 2.22. The summed E-state index contributed by atoms with van der Waals surface area (Å²) in [5, 5.41) is 7.68. The van der Waals surface area contributed by atoms with Crippen LogP contribution in [0.25, 0.3) is 11.4 Å². The summed E-state index contributed by atoms with van der Waals surface area (Å²) in [6.45, 7) is 5.26. The predicted octanol–water partition coefficient (Wildman–Crippen LogP) is 2.96. The standard InChI is InChI=1S/C16H19BrN4O2S/c1-10-7-21(8-11(2)23-10)14(22)9-24-16-18-15(19-20-16)12-3-5-13(17)6-4-12/h3-6,10-11H,7-9H2,1-2H3,(H,18,19,20)/t10-,11-/m1/s1. The number of nitrogens with zero attached hydrogens (tertiary/aromatic N) is 3. The van der Waals surface area contributed by atoms with Crippen molar-refractivity contribution < 1.29 is 9.53 Å². The molecule has 0 unspecified atom stereocenters. The van der Waals surface area contributed by atoms with Crippen LogP contribution in [-0.2, 0) is 9.53 Å². The number of ether oxygens (including phenoxy) is 1. The highest BCUT2D eigenvalue weighted by atomic mass is 79.9. The number of carbonyl (C=O) groups excluding carboxylic acids is 1. The van der Waals surface area contributed by atoms with Crippen molar-refractivity contribution in [2.75, 3.05) is 18.8 Å². The lowest BCUT2D eigenvalue weighted by Gasteiger charge is -2.35. The maximum atomic E-state index is 12.4. The number of benzene rings is 1. The molecule has 3 rings (SSSR count). The van der Waals surface area contributed by atoms with Gasteiger partial charge in [-0.1, -0.05) is 39.8 Å². The van der Waals surface area contributed by atoms with Crippen molar-refractivity contribution in [3.05, 3.63) is 28.7 Å². The second-order valence-electron chi connectivity index (χ2n) is 5.82. The molecule has 2 aromatic rings. The molecule has 0 aliphatic carbocycles. The lowest BCUT2D eigenvalue weighted by Crippen LogP contribution is -2.48. The van der Waals surface area contributed by atoms with E-state index in [1.54, 1.807) is 0 Å². The Labute approximate surface area is 153 Å². The van der Waals surface area contributed by atoms with Crippen molar-refractivity contribution in [1.82, 2.24) is 20.1 Å². The zero-order valence-corrected chi connectivity index (χ0v) is 15.9. The van der Waals surface area contributed by atoms with Gasteiger partial charge in [-0.15, -0.1) is 5.10 Å². The van der Waals surface area contributed by atoms with E-state index in [-0.39, 0.29) is 18.1 Å². The highest BCUT2D eigenvalue weighted by molar-refractivity contribution is 9.10. The maximum absolute atomic E-state index is 12.4. The lowest BCUT2D eigenvalue weighted by molar-refractivity contribution is -0.140. The molecule has 6 nitrogen and oxygen atoms in total. The number of nitrogens with one attached hydrogen (secondary N) is 1. The van der Waals surface area contributed by atoms with E-state index >= 15 is 0 Å². The van der Waals surface area contributed by atoms with Crippen LogP contribution in [0.3, 0.4) is 0 Å². The van der Waals surface area contributed by atoms with E-state index in [4.69, 9.17) is 4.74 Å². The molecule has 1 amide bonds. The number of hydrogen-bond acceptors (Lipinski definition) is 5. The van der Waals surface area contributed by atoms with Crippen molar-refractivity contribution in [3.63, 3.8) is 0 Å². The molecule has 2 heterocycles. The zero-order chi connectivity index (χ0) is 17.1. The molecule has 1 aliphatic rings. The molecule has 1 saturated heterocycles. The molecule has 1 aromatic carbocycles. The molecule has 1 aliphatic heterocycles. The summed E-state index contributed by atoms with van der Waals surface area (Å²) in [5.74, 6) is 1.12. The minimum atomic E-state index is 0.0789. The highest BCUT2D eigenvalue weighted by Gasteiger charge is 2.25. The minimum Gasteiger partial charge on any atom is -0.372 e. The SMILES string of the molecule is C[C@@H]1CN(C(=O)CSc2n[nH]c(-c3ccc(Br)cc3)n2)C[C@@H](C)O1. The molecule has 1 fully saturated rings. The van der Waals surface area contributed by atoms with Gasteiger partial charge in [0, 0.05) is 23.1 Å². The molecule has 0 spiro atoms. The normalized spacial score (nSPS) is 21.0. The average Bonchev–Trinajstić information content (AvgIpc) is 3.01. The number of H-pyrrole nitrogens is 1. The monoisotopic (exact) mass is 410 g/mol. The fourth-order valence-corrected chi connectivity index (χ4v) is 3.61. The number of thioether (sulfide) groups is 1. The first-order valence-corrected chi connectivity index (χ1v) is 9.53. The van der Waals surface area contributed by atoms with E-state index in [0.29, 0.717) is 29.8 Å². The largest absolute Gasteiger partial charge is 0.372 e. The van der Waals surface area contributed by atoms with Crippen LogP contribution in [0.5, 0.6) is 0 Å². The first-order chi connectivity index (χ1) is 11.5. The van der Waals surface area contributed by atoms with Gasteiger partial charge in [-0.05, 0) is 26.0 Å². The van der Waals surface area contributed by atoms with Crippen molar-refractivity contribution in [3.8, 4) is 11.4 Å². The number of halogens is 1. The lowest BCUT2D eigenvalue weighted by atomic mass is 10.2. The van der Waals surface area contributed by atoms with Crippen molar-refractivity contribution in [2.45, 2.75) is 31.2 Å². The van der Waals surface area contributed by atoms with E-state index in [2.05, 4.69) is 31.1 Å². The number of aromatic nitrogens is 3. The van der Waals surface area contributed by atoms with Crippen LogP contribution >= 0.6 is 27.7 Å². The van der Waals surface area contributed by atoms with Gasteiger partial charge in [0.15, 0.2) is 5.82 Å². The van der Waals surface area contributed by atoms with E-state index in [9.17, 15) is 4.79 Å². The summed E-state index contributed by atoms with van der Waals surface area (Å²) in [6.07, 6.45) is 0.158. The smallest absolute Gasteiger partial charge is 0.233 e. The van der Waals surface area contributed by atoms with E-state index in [1.165, 1.54) is 11.8 Å². The number of carbonyl (C=O) groups is 1. The average molecular weight is 411 g/mol. The van der Waals surface area contributed by atoms with Gasteiger partial charge < -0.3 is 9.64 Å². The Kier molecular flexibility index (Phi) is 5.57. The van der Waals surface area contributed by atoms with Gasteiger partial charge in [0.05, 0.1) is 18.0 Å².